The van der Waals surface area contributed by atoms with Gasteiger partial charge in [-0.15, -0.1) is 0 Å². The molecule has 0 bridgehead atoms. The highest BCUT2D eigenvalue weighted by Crippen LogP contribution is 2.26. The second-order valence-electron chi connectivity index (χ2n) is 3.83. The molecule has 0 aliphatic carbocycles. The third-order valence-corrected chi connectivity index (χ3v) is 8.57. The van der Waals surface area contributed by atoms with Crippen molar-refractivity contribution in [2.24, 2.45) is 5.73 Å². The van der Waals surface area contributed by atoms with E-state index in [0.29, 0.717) is 10.5 Å². The van der Waals surface area contributed by atoms with Crippen molar-refractivity contribution in [3.63, 3.8) is 0 Å². The van der Waals surface area contributed by atoms with E-state index in [1.54, 1.807) is 11.8 Å². The molecule has 0 aliphatic heterocycles. The Morgan fingerprint density at radius 2 is 1.60 bits per heavy atom. The molecule has 0 aromatic heterocycles. The summed E-state index contributed by atoms with van der Waals surface area (Å²) in [6.45, 7) is 0.244. The van der Waals surface area contributed by atoms with Crippen molar-refractivity contribution >= 4 is 77.5 Å². The predicted molar refractivity (Wildman–Crippen MR) is 109 cm³/mol. The van der Waals surface area contributed by atoms with E-state index in [2.05, 4.69) is 25.3 Å². The maximum atomic E-state index is 8.80. The molecule has 0 aromatic carbocycles. The number of hydrogen-bond donors (Lipinski definition) is 5. The van der Waals surface area contributed by atoms with Gasteiger partial charge in [0, 0.05) is 50.8 Å². The first-order valence-electron chi connectivity index (χ1n) is 6.24. The number of hydrogen-bond acceptors (Lipinski definition) is 8. The molecule has 3 nitrogen and oxygen atoms in total. The largest absolute Gasteiger partial charge is 0.396 e. The quantitative estimate of drug-likeness (QED) is 0.143. The molecule has 2 atom stereocenters. The van der Waals surface area contributed by atoms with Gasteiger partial charge < -0.3 is 10.8 Å². The van der Waals surface area contributed by atoms with Crippen molar-refractivity contribution < 1.29 is 5.11 Å². The van der Waals surface area contributed by atoms with E-state index in [1.165, 1.54) is 11.8 Å². The van der Waals surface area contributed by atoms with Gasteiger partial charge in [0.15, 0.2) is 5.17 Å². The molecule has 0 radical (unpaired) electrons. The smallest absolute Gasteiger partial charge is 0.151 e. The molecule has 20 heavy (non-hydrogen) atoms. The Morgan fingerprint density at radius 1 is 1.05 bits per heavy atom. The summed E-state index contributed by atoms with van der Waals surface area (Å²) in [5.74, 6) is 6.54. The van der Waals surface area contributed by atoms with Gasteiger partial charge in [0.05, 0.1) is 6.61 Å². The number of thioether (sulfide) groups is 4. The number of aliphatic hydroxyl groups excluding tert-OH is 1. The van der Waals surface area contributed by atoms with Crippen molar-refractivity contribution in [3.8, 4) is 0 Å². The second kappa shape index (κ2) is 15.4. The number of amidine groups is 1. The fourth-order valence-corrected chi connectivity index (χ4v) is 6.54. The van der Waals surface area contributed by atoms with Crippen LogP contribution in [0.25, 0.3) is 0 Å². The molecule has 2 unspecified atom stereocenters. The Kier molecular flexibility index (Phi) is 16.6. The number of aliphatic hydroxyl groups is 1. The van der Waals surface area contributed by atoms with Crippen LogP contribution in [0.4, 0.5) is 0 Å². The van der Waals surface area contributed by atoms with Gasteiger partial charge >= 0.3 is 0 Å². The fraction of sp³-hybridized carbons (Fsp3) is 0.909. The van der Waals surface area contributed by atoms with Crippen LogP contribution in [-0.2, 0) is 0 Å². The van der Waals surface area contributed by atoms with Gasteiger partial charge in [-0.1, -0.05) is 11.8 Å². The SMILES string of the molecule is N=C(N)SCCSCC(CS)SC(CS)CSCCO. The van der Waals surface area contributed by atoms with Crippen LogP contribution in [0.3, 0.4) is 0 Å². The average molecular weight is 393 g/mol. The fourth-order valence-electron chi connectivity index (χ4n) is 1.25. The lowest BCUT2D eigenvalue weighted by molar-refractivity contribution is 0.322. The topological polar surface area (TPSA) is 70.1 Å². The summed E-state index contributed by atoms with van der Waals surface area (Å²) >= 11 is 15.9. The van der Waals surface area contributed by atoms with Crippen molar-refractivity contribution in [2.45, 2.75) is 10.5 Å². The molecule has 120 valence electrons. The van der Waals surface area contributed by atoms with Crippen LogP contribution < -0.4 is 5.73 Å². The summed E-state index contributed by atoms with van der Waals surface area (Å²) in [5.41, 5.74) is 5.29. The summed E-state index contributed by atoms with van der Waals surface area (Å²) in [7, 11) is 0. The second-order valence-corrected chi connectivity index (χ2v) is 9.60. The molecule has 0 aliphatic rings. The highest BCUT2D eigenvalue weighted by molar-refractivity contribution is 8.14. The summed E-state index contributed by atoms with van der Waals surface area (Å²) in [4.78, 5) is 0. The number of nitrogens with two attached hydrogens (primary N) is 1. The monoisotopic (exact) mass is 392 g/mol. The van der Waals surface area contributed by atoms with Crippen molar-refractivity contribution in [1.82, 2.24) is 0 Å². The van der Waals surface area contributed by atoms with Gasteiger partial charge in [-0.25, -0.2) is 0 Å². The Balaban J connectivity index is 3.78. The van der Waals surface area contributed by atoms with E-state index in [-0.39, 0.29) is 11.8 Å². The zero-order chi connectivity index (χ0) is 15.2. The summed E-state index contributed by atoms with van der Waals surface area (Å²) in [5, 5.41) is 17.2. The molecular formula is C11H24N2OS6. The van der Waals surface area contributed by atoms with E-state index in [9.17, 15) is 0 Å². The molecule has 0 spiro atoms. The van der Waals surface area contributed by atoms with E-state index < -0.39 is 0 Å². The lowest BCUT2D eigenvalue weighted by Gasteiger charge is -2.20. The van der Waals surface area contributed by atoms with Gasteiger partial charge in [0.1, 0.15) is 0 Å². The zero-order valence-electron chi connectivity index (χ0n) is 11.4. The van der Waals surface area contributed by atoms with Crippen LogP contribution in [0.5, 0.6) is 0 Å². The number of rotatable bonds is 13. The first-order valence-corrected chi connectivity index (χ1v) is 11.7. The molecule has 4 N–H and O–H groups in total. The minimum absolute atomic E-state index is 0.196. The van der Waals surface area contributed by atoms with Crippen LogP contribution in [0.1, 0.15) is 0 Å². The Morgan fingerprint density at radius 3 is 2.05 bits per heavy atom. The zero-order valence-corrected chi connectivity index (χ0v) is 16.4. The molecule has 0 heterocycles. The average Bonchev–Trinajstić information content (AvgIpc) is 2.43. The highest BCUT2D eigenvalue weighted by atomic mass is 32.2. The summed E-state index contributed by atoms with van der Waals surface area (Å²) in [6.07, 6.45) is 0. The van der Waals surface area contributed by atoms with E-state index >= 15 is 0 Å². The van der Waals surface area contributed by atoms with Gasteiger partial charge in [-0.05, 0) is 0 Å². The number of thiol groups is 2. The van der Waals surface area contributed by atoms with Gasteiger partial charge in [0.2, 0.25) is 0 Å². The van der Waals surface area contributed by atoms with Crippen LogP contribution in [0, 0.1) is 5.41 Å². The third-order valence-electron chi connectivity index (χ3n) is 2.12. The van der Waals surface area contributed by atoms with E-state index in [1.807, 2.05) is 23.5 Å². The molecule has 0 amide bonds. The van der Waals surface area contributed by atoms with Gasteiger partial charge in [0.25, 0.3) is 0 Å². The predicted octanol–water partition coefficient (Wildman–Crippen LogP) is 2.40. The molecule has 0 saturated heterocycles. The van der Waals surface area contributed by atoms with Crippen LogP contribution in [0.2, 0.25) is 0 Å². The van der Waals surface area contributed by atoms with Crippen LogP contribution in [-0.4, -0.2) is 67.7 Å². The van der Waals surface area contributed by atoms with Crippen LogP contribution in [0.15, 0.2) is 0 Å². The first-order chi connectivity index (χ1) is 9.63. The minimum Gasteiger partial charge on any atom is -0.396 e. The Hall–Kier alpha value is 1.53. The molecule has 0 rings (SSSR count). The highest BCUT2D eigenvalue weighted by Gasteiger charge is 2.15. The minimum atomic E-state index is 0.196. The molecular weight excluding hydrogens is 369 g/mol. The lowest BCUT2D eigenvalue weighted by atomic mass is 10.5. The van der Waals surface area contributed by atoms with E-state index in [0.717, 1.165) is 40.3 Å². The Labute approximate surface area is 150 Å². The van der Waals surface area contributed by atoms with Gasteiger partial charge in [-0.3, -0.25) is 5.41 Å². The third kappa shape index (κ3) is 13.2. The standard InChI is InChI=1S/C11H24N2OS6/c12-11(13)19-4-3-18-8-10(6-16)20-9(5-15)7-17-2-1-14/h9-10,14-16H,1-8H2,(H3,12,13). The summed E-state index contributed by atoms with van der Waals surface area (Å²) < 4.78 is 0. The molecule has 0 aromatic rings. The van der Waals surface area contributed by atoms with E-state index in [4.69, 9.17) is 16.2 Å². The van der Waals surface area contributed by atoms with Gasteiger partial charge in [-0.2, -0.15) is 60.5 Å². The maximum Gasteiger partial charge on any atom is 0.151 e. The maximum absolute atomic E-state index is 8.80. The number of nitrogens with one attached hydrogen (secondary N) is 1. The van der Waals surface area contributed by atoms with Crippen LogP contribution >= 0.6 is 72.3 Å². The normalized spacial score (nSPS) is 14.2. The lowest BCUT2D eigenvalue weighted by Crippen LogP contribution is -2.19. The Bertz CT molecular complexity index is 247. The van der Waals surface area contributed by atoms with Crippen molar-refractivity contribution in [2.75, 3.05) is 46.9 Å². The molecule has 9 heteroatoms. The first kappa shape index (κ1) is 21.5. The van der Waals surface area contributed by atoms with Crippen molar-refractivity contribution in [1.29, 1.82) is 5.41 Å². The molecule has 0 fully saturated rings. The molecule has 0 saturated carbocycles. The summed E-state index contributed by atoms with van der Waals surface area (Å²) in [6, 6.07) is 0. The van der Waals surface area contributed by atoms with Crippen molar-refractivity contribution in [3.05, 3.63) is 0 Å².